The number of carbonyl (C=O) groups is 2. The third kappa shape index (κ3) is 8.25. The molecule has 0 unspecified atom stereocenters. The first kappa shape index (κ1) is 33.1. The number of nitrogens with zero attached hydrogens (tertiary/aromatic N) is 6. The molecule has 2 aromatic rings. The van der Waals surface area contributed by atoms with Crippen molar-refractivity contribution in [2.75, 3.05) is 57.8 Å². The first-order valence-corrected chi connectivity index (χ1v) is 16.1. The monoisotopic (exact) mass is 612 g/mol. The Morgan fingerprint density at radius 1 is 1.05 bits per heavy atom. The van der Waals surface area contributed by atoms with E-state index in [0.717, 1.165) is 29.1 Å². The van der Waals surface area contributed by atoms with Crippen LogP contribution in [0.25, 0.3) is 0 Å². The van der Waals surface area contributed by atoms with Crippen LogP contribution in [0, 0.1) is 5.92 Å². The molecule has 0 bridgehead atoms. The van der Waals surface area contributed by atoms with E-state index in [9.17, 15) is 14.7 Å². The number of aromatic nitrogens is 2. The van der Waals surface area contributed by atoms with Crippen LogP contribution < -0.4 is 4.90 Å². The Morgan fingerprint density at radius 3 is 2.35 bits per heavy atom. The van der Waals surface area contributed by atoms with E-state index < -0.39 is 6.10 Å². The van der Waals surface area contributed by atoms with Gasteiger partial charge in [-0.3, -0.25) is 14.5 Å². The molecule has 1 aromatic heterocycles. The number of hydrogen-bond acceptors (Lipinski definition) is 7. The lowest BCUT2D eigenvalue weighted by atomic mass is 9.95. The minimum absolute atomic E-state index is 0.102. The maximum absolute atomic E-state index is 14.2. The molecule has 0 saturated carbocycles. The van der Waals surface area contributed by atoms with E-state index >= 15 is 0 Å². The van der Waals surface area contributed by atoms with Crippen LogP contribution in [-0.4, -0.2) is 100 Å². The topological polar surface area (TPSA) is 93.1 Å². The summed E-state index contributed by atoms with van der Waals surface area (Å²) >= 11 is 6.22. The van der Waals surface area contributed by atoms with E-state index in [0.29, 0.717) is 69.6 Å². The maximum Gasteiger partial charge on any atom is 0.231 e. The standard InChI is InChI=1S/C33H49ClN6O3/c1-22(2)7-12-29(42)37(6)13-14-40(23(3)4)20-27(25-8-10-26(34)11-9-25)33(43)39-17-15-38(16-18-39)32-30-24(5)19-28(41)31(30)35-21-36-32/h8-11,21-24,27-28,41H,7,12-20H2,1-6H3/t24-,27-,28-/m1/s1. The smallest absolute Gasteiger partial charge is 0.231 e. The van der Waals surface area contributed by atoms with Crippen LogP contribution in [0.5, 0.6) is 0 Å². The molecule has 2 amide bonds. The number of fused-ring (bicyclic) bond motifs is 1. The summed E-state index contributed by atoms with van der Waals surface area (Å²) in [6.45, 7) is 15.0. The van der Waals surface area contributed by atoms with Crippen LogP contribution in [0.4, 0.5) is 5.82 Å². The zero-order valence-electron chi connectivity index (χ0n) is 26.7. The minimum Gasteiger partial charge on any atom is -0.387 e. The lowest BCUT2D eigenvalue weighted by Gasteiger charge is -2.39. The van der Waals surface area contributed by atoms with Gasteiger partial charge >= 0.3 is 0 Å². The summed E-state index contributed by atoms with van der Waals surface area (Å²) < 4.78 is 0. The molecule has 2 heterocycles. The van der Waals surface area contributed by atoms with Crippen molar-refractivity contribution >= 4 is 29.2 Å². The van der Waals surface area contributed by atoms with Gasteiger partial charge in [0.15, 0.2) is 0 Å². The highest BCUT2D eigenvalue weighted by molar-refractivity contribution is 6.30. The molecule has 4 rings (SSSR count). The third-order valence-corrected chi connectivity index (χ3v) is 9.22. The Labute approximate surface area is 262 Å². The molecule has 1 aromatic carbocycles. The van der Waals surface area contributed by atoms with Gasteiger partial charge in [0.05, 0.1) is 17.7 Å². The zero-order valence-corrected chi connectivity index (χ0v) is 27.4. The molecule has 1 aliphatic carbocycles. The average Bonchev–Trinajstić information content (AvgIpc) is 3.29. The number of amides is 2. The molecule has 9 nitrogen and oxygen atoms in total. The van der Waals surface area contributed by atoms with E-state index in [1.807, 2.05) is 41.1 Å². The van der Waals surface area contributed by atoms with Crippen molar-refractivity contribution in [3.05, 3.63) is 52.4 Å². The number of hydrogen-bond donors (Lipinski definition) is 1. The molecule has 1 aliphatic heterocycles. The summed E-state index contributed by atoms with van der Waals surface area (Å²) in [6, 6.07) is 7.81. The molecule has 43 heavy (non-hydrogen) atoms. The number of aliphatic hydroxyl groups excluding tert-OH is 1. The van der Waals surface area contributed by atoms with Gasteiger partial charge in [-0.25, -0.2) is 9.97 Å². The summed E-state index contributed by atoms with van der Waals surface area (Å²) in [5.74, 6) is 1.49. The van der Waals surface area contributed by atoms with E-state index in [-0.39, 0.29) is 29.7 Å². The predicted molar refractivity (Wildman–Crippen MR) is 171 cm³/mol. The summed E-state index contributed by atoms with van der Waals surface area (Å²) in [6.07, 6.45) is 3.11. The largest absolute Gasteiger partial charge is 0.387 e. The third-order valence-electron chi connectivity index (χ3n) is 8.97. The minimum atomic E-state index is -0.545. The zero-order chi connectivity index (χ0) is 31.3. The number of halogens is 1. The molecule has 0 radical (unpaired) electrons. The number of piperazine rings is 1. The lowest BCUT2D eigenvalue weighted by molar-refractivity contribution is -0.134. The SMILES string of the molecule is CC(C)CCC(=O)N(C)CCN(C[C@@H](C(=O)N1CCN(c2ncnc3c2[C@H](C)C[C@H]3O)CC1)c1ccc(Cl)cc1)C(C)C. The van der Waals surface area contributed by atoms with Gasteiger partial charge in [0.25, 0.3) is 0 Å². The first-order chi connectivity index (χ1) is 20.5. The Kier molecular flexibility index (Phi) is 11.4. The van der Waals surface area contributed by atoms with Crippen molar-refractivity contribution in [2.45, 2.75) is 77.9 Å². The van der Waals surface area contributed by atoms with Crippen LogP contribution in [0.2, 0.25) is 5.02 Å². The number of carbonyl (C=O) groups excluding carboxylic acids is 2. The summed E-state index contributed by atoms with van der Waals surface area (Å²) in [5.41, 5.74) is 2.72. The second-order valence-electron chi connectivity index (χ2n) is 12.9. The van der Waals surface area contributed by atoms with Gasteiger partial charge in [-0.2, -0.15) is 0 Å². The fourth-order valence-corrected chi connectivity index (χ4v) is 6.26. The quantitative estimate of drug-likeness (QED) is 0.371. The van der Waals surface area contributed by atoms with Gasteiger partial charge in [-0.05, 0) is 56.2 Å². The van der Waals surface area contributed by atoms with E-state index in [2.05, 4.69) is 54.4 Å². The Morgan fingerprint density at radius 2 is 1.72 bits per heavy atom. The Bertz CT molecular complexity index is 1230. The van der Waals surface area contributed by atoms with Crippen molar-refractivity contribution in [1.29, 1.82) is 0 Å². The number of rotatable bonds is 12. The fraction of sp³-hybridized carbons (Fsp3) is 0.636. The van der Waals surface area contributed by atoms with Gasteiger partial charge in [-0.1, -0.05) is 44.5 Å². The van der Waals surface area contributed by atoms with Gasteiger partial charge in [-0.15, -0.1) is 0 Å². The number of likely N-dealkylation sites (N-methyl/N-ethyl adjacent to an activating group) is 1. The molecule has 2 aliphatic rings. The molecule has 236 valence electrons. The molecule has 1 N–H and O–H groups in total. The second-order valence-corrected chi connectivity index (χ2v) is 13.3. The van der Waals surface area contributed by atoms with Gasteiger partial charge < -0.3 is 19.8 Å². The van der Waals surface area contributed by atoms with Crippen LogP contribution >= 0.6 is 11.6 Å². The molecule has 0 spiro atoms. The normalized spacial score (nSPS) is 19.3. The molecule has 1 saturated heterocycles. The number of benzene rings is 1. The van der Waals surface area contributed by atoms with Crippen LogP contribution in [0.3, 0.4) is 0 Å². The van der Waals surface area contributed by atoms with Crippen LogP contribution in [0.1, 0.15) is 88.6 Å². The highest BCUT2D eigenvalue weighted by atomic mass is 35.5. The van der Waals surface area contributed by atoms with E-state index in [1.54, 1.807) is 6.33 Å². The van der Waals surface area contributed by atoms with E-state index in [1.165, 1.54) is 0 Å². The second kappa shape index (κ2) is 14.8. The molecule has 1 fully saturated rings. The Hall–Kier alpha value is -2.75. The average molecular weight is 613 g/mol. The number of anilines is 1. The van der Waals surface area contributed by atoms with Crippen LogP contribution in [-0.2, 0) is 9.59 Å². The van der Waals surface area contributed by atoms with Crippen LogP contribution in [0.15, 0.2) is 30.6 Å². The van der Waals surface area contributed by atoms with Gasteiger partial charge in [0, 0.05) is 75.9 Å². The number of aliphatic hydroxyl groups is 1. The van der Waals surface area contributed by atoms with Crippen molar-refractivity contribution < 1.29 is 14.7 Å². The van der Waals surface area contributed by atoms with E-state index in [4.69, 9.17) is 11.6 Å². The predicted octanol–water partition coefficient (Wildman–Crippen LogP) is 4.71. The summed E-state index contributed by atoms with van der Waals surface area (Å²) in [5, 5.41) is 11.1. The summed E-state index contributed by atoms with van der Waals surface area (Å²) in [7, 11) is 1.87. The summed E-state index contributed by atoms with van der Waals surface area (Å²) in [4.78, 5) is 44.1. The van der Waals surface area contributed by atoms with Crippen molar-refractivity contribution in [1.82, 2.24) is 24.7 Å². The highest BCUT2D eigenvalue weighted by Gasteiger charge is 2.35. The van der Waals surface area contributed by atoms with Gasteiger partial charge in [0.2, 0.25) is 11.8 Å². The molecule has 3 atom stereocenters. The molecule has 10 heteroatoms. The lowest BCUT2D eigenvalue weighted by Crippen LogP contribution is -2.52. The fourth-order valence-electron chi connectivity index (χ4n) is 6.14. The van der Waals surface area contributed by atoms with Crippen molar-refractivity contribution in [3.63, 3.8) is 0 Å². The highest BCUT2D eigenvalue weighted by Crippen LogP contribution is 2.42. The maximum atomic E-state index is 14.2. The van der Waals surface area contributed by atoms with Gasteiger partial charge in [0.1, 0.15) is 12.1 Å². The van der Waals surface area contributed by atoms with Crippen molar-refractivity contribution in [3.8, 4) is 0 Å². The molecular weight excluding hydrogens is 564 g/mol. The molecular formula is C33H49ClN6O3. The first-order valence-electron chi connectivity index (χ1n) is 15.8. The Balaban J connectivity index is 1.45. The van der Waals surface area contributed by atoms with Crippen molar-refractivity contribution in [2.24, 2.45) is 5.92 Å².